The lowest BCUT2D eigenvalue weighted by Gasteiger charge is -2.05. The van der Waals surface area contributed by atoms with Gasteiger partial charge in [0.1, 0.15) is 5.82 Å². The van der Waals surface area contributed by atoms with E-state index in [1.165, 1.54) is 23.5 Å². The van der Waals surface area contributed by atoms with Crippen molar-refractivity contribution >= 4 is 40.4 Å². The van der Waals surface area contributed by atoms with E-state index in [0.29, 0.717) is 20.5 Å². The average Bonchev–Trinajstić information content (AvgIpc) is 2.97. The van der Waals surface area contributed by atoms with Gasteiger partial charge in [-0.3, -0.25) is 0 Å². The smallest absolute Gasteiger partial charge is 0.187 e. The molecule has 3 nitrogen and oxygen atoms in total. The van der Waals surface area contributed by atoms with Gasteiger partial charge in [-0.05, 0) is 24.3 Å². The second-order valence-electron chi connectivity index (χ2n) is 3.97. The van der Waals surface area contributed by atoms with E-state index in [4.69, 9.17) is 33.5 Å². The zero-order valence-corrected chi connectivity index (χ0v) is 12.2. The minimum absolute atomic E-state index is 0.0801. The lowest BCUT2D eigenvalue weighted by molar-refractivity contribution is 0.437. The summed E-state index contributed by atoms with van der Waals surface area (Å²) in [5.74, 6) is -0.0563. The number of hydrogen-bond acceptors (Lipinski definition) is 4. The van der Waals surface area contributed by atoms with Crippen LogP contribution in [0.3, 0.4) is 0 Å². The van der Waals surface area contributed by atoms with Gasteiger partial charge in [0.15, 0.2) is 11.6 Å². The monoisotopic (exact) mass is 328 g/mol. The van der Waals surface area contributed by atoms with Crippen molar-refractivity contribution in [3.05, 3.63) is 45.5 Å². The molecule has 3 rings (SSSR count). The van der Waals surface area contributed by atoms with E-state index in [9.17, 15) is 4.39 Å². The topological polar surface area (TPSA) is 52.0 Å². The van der Waals surface area contributed by atoms with E-state index < -0.39 is 5.82 Å². The number of benzene rings is 1. The van der Waals surface area contributed by atoms with Crippen molar-refractivity contribution in [1.82, 2.24) is 5.16 Å². The van der Waals surface area contributed by atoms with Crippen LogP contribution < -0.4 is 5.73 Å². The maximum Gasteiger partial charge on any atom is 0.187 e. The number of rotatable bonds is 2. The minimum atomic E-state index is -0.490. The largest absolute Gasteiger partial charge is 0.380 e. The number of aromatic nitrogens is 1. The molecule has 2 N–H and O–H groups in total. The molecule has 0 fully saturated rings. The molecule has 102 valence electrons. The van der Waals surface area contributed by atoms with Crippen molar-refractivity contribution in [3.8, 4) is 21.8 Å². The molecule has 3 aromatic rings. The molecule has 0 saturated heterocycles. The number of anilines is 1. The Morgan fingerprint density at radius 3 is 2.60 bits per heavy atom. The molecule has 2 aromatic heterocycles. The molecule has 20 heavy (non-hydrogen) atoms. The molecule has 0 saturated carbocycles. The normalized spacial score (nSPS) is 10.9. The van der Waals surface area contributed by atoms with Crippen LogP contribution in [-0.2, 0) is 0 Å². The van der Waals surface area contributed by atoms with Crippen LogP contribution in [0, 0.1) is 5.82 Å². The average molecular weight is 329 g/mol. The number of nitrogen functional groups attached to an aromatic ring is 1. The fourth-order valence-corrected chi connectivity index (χ4v) is 3.17. The molecule has 0 aliphatic carbocycles. The zero-order valence-electron chi connectivity index (χ0n) is 9.86. The van der Waals surface area contributed by atoms with Gasteiger partial charge < -0.3 is 10.3 Å². The summed E-state index contributed by atoms with van der Waals surface area (Å²) in [5.41, 5.74) is 6.31. The lowest BCUT2D eigenvalue weighted by atomic mass is 10.0. The van der Waals surface area contributed by atoms with Crippen LogP contribution in [0.1, 0.15) is 0 Å². The number of thiophene rings is 1. The van der Waals surface area contributed by atoms with Gasteiger partial charge in [-0.2, -0.15) is 0 Å². The van der Waals surface area contributed by atoms with E-state index in [0.717, 1.165) is 0 Å². The predicted molar refractivity (Wildman–Crippen MR) is 79.6 cm³/mol. The van der Waals surface area contributed by atoms with Crippen LogP contribution in [0.2, 0.25) is 9.36 Å². The van der Waals surface area contributed by atoms with Crippen molar-refractivity contribution in [2.24, 2.45) is 0 Å². The van der Waals surface area contributed by atoms with Crippen LogP contribution in [0.25, 0.3) is 21.8 Å². The van der Waals surface area contributed by atoms with Gasteiger partial charge in [0.25, 0.3) is 0 Å². The molecule has 1 aromatic carbocycles. The fraction of sp³-hybridized carbons (Fsp3) is 0. The molecule has 0 bridgehead atoms. The standard InChI is InChI=1S/C13H7Cl2FN2OS/c14-6-2-1-3-7(16)10(6)11-12(19-18-13(11)17)8-4-5-9(15)20-8/h1-5H,(H2,17,18). The fourth-order valence-electron chi connectivity index (χ4n) is 1.89. The van der Waals surface area contributed by atoms with Gasteiger partial charge in [-0.1, -0.05) is 34.4 Å². The Morgan fingerprint density at radius 1 is 1.15 bits per heavy atom. The Morgan fingerprint density at radius 2 is 1.95 bits per heavy atom. The van der Waals surface area contributed by atoms with Crippen LogP contribution in [0.5, 0.6) is 0 Å². The second-order valence-corrected chi connectivity index (χ2v) is 6.09. The van der Waals surface area contributed by atoms with Crippen LogP contribution in [0.4, 0.5) is 10.2 Å². The van der Waals surface area contributed by atoms with Crippen molar-refractivity contribution in [2.45, 2.75) is 0 Å². The first-order valence-electron chi connectivity index (χ1n) is 5.53. The number of nitrogens with zero attached hydrogens (tertiary/aromatic N) is 1. The molecule has 0 radical (unpaired) electrons. The molecule has 7 heteroatoms. The minimum Gasteiger partial charge on any atom is -0.380 e. The predicted octanol–water partition coefficient (Wildman–Crippen LogP) is 5.10. The summed E-state index contributed by atoms with van der Waals surface area (Å²) >= 11 is 13.3. The Balaban J connectivity index is 2.27. The maximum absolute atomic E-state index is 14.1. The lowest BCUT2D eigenvalue weighted by Crippen LogP contribution is -1.92. The third-order valence-electron chi connectivity index (χ3n) is 2.73. The highest BCUT2D eigenvalue weighted by molar-refractivity contribution is 7.19. The van der Waals surface area contributed by atoms with Gasteiger partial charge in [0, 0.05) is 5.56 Å². The molecule has 0 spiro atoms. The molecular weight excluding hydrogens is 322 g/mol. The molecule has 0 amide bonds. The third kappa shape index (κ3) is 2.18. The highest BCUT2D eigenvalue weighted by Gasteiger charge is 2.23. The molecule has 0 atom stereocenters. The summed E-state index contributed by atoms with van der Waals surface area (Å²) in [4.78, 5) is 0.702. The van der Waals surface area contributed by atoms with E-state index in [1.54, 1.807) is 18.2 Å². The van der Waals surface area contributed by atoms with Gasteiger partial charge in [0.05, 0.1) is 19.8 Å². The number of halogens is 3. The number of nitrogens with two attached hydrogens (primary N) is 1. The zero-order chi connectivity index (χ0) is 14.3. The first-order valence-corrected chi connectivity index (χ1v) is 7.10. The quantitative estimate of drug-likeness (QED) is 0.712. The Hall–Kier alpha value is -1.56. The molecule has 0 unspecified atom stereocenters. The summed E-state index contributed by atoms with van der Waals surface area (Å²) in [7, 11) is 0. The summed E-state index contributed by atoms with van der Waals surface area (Å²) in [5, 5.41) is 3.94. The number of hydrogen-bond donors (Lipinski definition) is 1. The van der Waals surface area contributed by atoms with E-state index in [2.05, 4.69) is 5.16 Å². The molecule has 2 heterocycles. The first kappa shape index (κ1) is 13.4. The molecular formula is C13H7Cl2FN2OS. The second kappa shape index (κ2) is 5.09. The van der Waals surface area contributed by atoms with E-state index in [-0.39, 0.29) is 16.4 Å². The van der Waals surface area contributed by atoms with Crippen LogP contribution in [-0.4, -0.2) is 5.16 Å². The summed E-state index contributed by atoms with van der Waals surface area (Å²) in [6.07, 6.45) is 0. The first-order chi connectivity index (χ1) is 9.58. The van der Waals surface area contributed by atoms with Crippen molar-refractivity contribution < 1.29 is 8.91 Å². The van der Waals surface area contributed by atoms with Gasteiger partial charge in [-0.25, -0.2) is 4.39 Å². The van der Waals surface area contributed by atoms with Gasteiger partial charge in [-0.15, -0.1) is 11.3 Å². The summed E-state index contributed by atoms with van der Waals surface area (Å²) < 4.78 is 19.9. The van der Waals surface area contributed by atoms with E-state index >= 15 is 0 Å². The van der Waals surface area contributed by atoms with Crippen molar-refractivity contribution in [2.75, 3.05) is 5.73 Å². The Kier molecular flexibility index (Phi) is 3.41. The third-order valence-corrected chi connectivity index (χ3v) is 4.27. The van der Waals surface area contributed by atoms with Gasteiger partial charge >= 0.3 is 0 Å². The van der Waals surface area contributed by atoms with Crippen molar-refractivity contribution in [1.29, 1.82) is 0 Å². The Labute approximate surface area is 127 Å². The van der Waals surface area contributed by atoms with Crippen molar-refractivity contribution in [3.63, 3.8) is 0 Å². The van der Waals surface area contributed by atoms with Gasteiger partial charge in [0.2, 0.25) is 0 Å². The summed E-state index contributed by atoms with van der Waals surface area (Å²) in [6.45, 7) is 0. The molecule has 0 aliphatic heterocycles. The summed E-state index contributed by atoms with van der Waals surface area (Å²) in [6, 6.07) is 7.88. The SMILES string of the molecule is Nc1noc(-c2ccc(Cl)s2)c1-c1c(F)cccc1Cl. The highest BCUT2D eigenvalue weighted by Crippen LogP contribution is 2.43. The van der Waals surface area contributed by atoms with Crippen LogP contribution in [0.15, 0.2) is 34.9 Å². The highest BCUT2D eigenvalue weighted by atomic mass is 35.5. The van der Waals surface area contributed by atoms with Crippen LogP contribution >= 0.6 is 34.5 Å². The Bertz CT molecular complexity index is 764. The molecule has 0 aliphatic rings. The van der Waals surface area contributed by atoms with E-state index in [1.807, 2.05) is 0 Å². The maximum atomic E-state index is 14.1.